The molecule has 0 spiro atoms. The van der Waals surface area contributed by atoms with Gasteiger partial charge in [0.1, 0.15) is 11.5 Å². The van der Waals surface area contributed by atoms with Gasteiger partial charge in [0.25, 0.3) is 5.91 Å². The zero-order chi connectivity index (χ0) is 21.8. The fourth-order valence-corrected chi connectivity index (χ4v) is 4.24. The third-order valence-corrected chi connectivity index (χ3v) is 5.99. The SMILES string of the molecule is COc1ccc(CN2Cc3cc(NC(=O)Cc4cccs4)ccc3O[C@H](C)C2=O)cc1. The Bertz CT molecular complexity index is 1060. The predicted octanol–water partition coefficient (Wildman–Crippen LogP) is 4.25. The fraction of sp³-hybridized carbons (Fsp3) is 0.250. The zero-order valence-corrected chi connectivity index (χ0v) is 18.3. The summed E-state index contributed by atoms with van der Waals surface area (Å²) in [6.45, 7) is 2.62. The van der Waals surface area contributed by atoms with Gasteiger partial charge >= 0.3 is 0 Å². The van der Waals surface area contributed by atoms with Gasteiger partial charge in [-0.3, -0.25) is 9.59 Å². The second-order valence-corrected chi connectivity index (χ2v) is 8.46. The Morgan fingerprint density at radius 1 is 1.23 bits per heavy atom. The Kier molecular flexibility index (Phi) is 6.23. The Balaban J connectivity index is 1.51. The summed E-state index contributed by atoms with van der Waals surface area (Å²) in [4.78, 5) is 28.0. The minimum Gasteiger partial charge on any atom is -0.497 e. The number of hydrogen-bond acceptors (Lipinski definition) is 5. The molecule has 7 heteroatoms. The van der Waals surface area contributed by atoms with Crippen LogP contribution in [0.3, 0.4) is 0 Å². The van der Waals surface area contributed by atoms with Gasteiger partial charge in [-0.05, 0) is 54.3 Å². The summed E-state index contributed by atoms with van der Waals surface area (Å²) >= 11 is 1.56. The largest absolute Gasteiger partial charge is 0.497 e. The predicted molar refractivity (Wildman–Crippen MR) is 120 cm³/mol. The number of carbonyl (C=O) groups is 2. The van der Waals surface area contributed by atoms with Crippen molar-refractivity contribution < 1.29 is 19.1 Å². The second kappa shape index (κ2) is 9.22. The average Bonchev–Trinajstić information content (AvgIpc) is 3.24. The van der Waals surface area contributed by atoms with Crippen LogP contribution >= 0.6 is 11.3 Å². The molecule has 1 aliphatic heterocycles. The normalized spacial score (nSPS) is 15.6. The van der Waals surface area contributed by atoms with Gasteiger partial charge in [0.2, 0.25) is 5.91 Å². The van der Waals surface area contributed by atoms with E-state index in [9.17, 15) is 9.59 Å². The van der Waals surface area contributed by atoms with Gasteiger partial charge in [0, 0.05) is 29.2 Å². The summed E-state index contributed by atoms with van der Waals surface area (Å²) in [7, 11) is 1.63. The number of rotatable bonds is 6. The number of anilines is 1. The average molecular weight is 437 g/mol. The van der Waals surface area contributed by atoms with E-state index in [1.54, 1.807) is 30.3 Å². The summed E-state index contributed by atoms with van der Waals surface area (Å²) in [6, 6.07) is 17.0. The first-order valence-electron chi connectivity index (χ1n) is 10.1. The Morgan fingerprint density at radius 2 is 2.03 bits per heavy atom. The van der Waals surface area contributed by atoms with Crippen LogP contribution < -0.4 is 14.8 Å². The summed E-state index contributed by atoms with van der Waals surface area (Å²) < 4.78 is 11.1. The molecule has 31 heavy (non-hydrogen) atoms. The lowest BCUT2D eigenvalue weighted by atomic mass is 10.1. The second-order valence-electron chi connectivity index (χ2n) is 7.43. The van der Waals surface area contributed by atoms with Crippen LogP contribution in [0.1, 0.15) is 22.9 Å². The van der Waals surface area contributed by atoms with E-state index in [1.165, 1.54) is 0 Å². The molecule has 0 bridgehead atoms. The minimum absolute atomic E-state index is 0.0727. The molecule has 0 saturated carbocycles. The molecule has 160 valence electrons. The standard InChI is InChI=1S/C24H24N2O4S/c1-16-24(28)26(14-17-5-8-20(29-2)9-6-17)15-18-12-19(7-10-22(18)30-16)25-23(27)13-21-4-3-11-31-21/h3-12,16H,13-15H2,1-2H3,(H,25,27)/t16-/m1/s1. The lowest BCUT2D eigenvalue weighted by Crippen LogP contribution is -2.37. The van der Waals surface area contributed by atoms with Crippen LogP contribution in [0.2, 0.25) is 0 Å². The molecule has 1 aromatic heterocycles. The molecule has 1 atom stereocenters. The summed E-state index contributed by atoms with van der Waals surface area (Å²) in [5, 5.41) is 4.90. The van der Waals surface area contributed by atoms with Crippen molar-refractivity contribution in [2.24, 2.45) is 0 Å². The van der Waals surface area contributed by atoms with Gasteiger partial charge in [-0.2, -0.15) is 0 Å². The number of nitrogens with zero attached hydrogens (tertiary/aromatic N) is 1. The van der Waals surface area contributed by atoms with E-state index in [2.05, 4.69) is 5.32 Å². The van der Waals surface area contributed by atoms with Crippen LogP contribution in [0, 0.1) is 0 Å². The lowest BCUT2D eigenvalue weighted by Gasteiger charge is -2.22. The first kappa shape index (κ1) is 20.9. The molecule has 2 heterocycles. The maximum absolute atomic E-state index is 12.9. The van der Waals surface area contributed by atoms with Crippen molar-refractivity contribution in [1.82, 2.24) is 4.90 Å². The van der Waals surface area contributed by atoms with Crippen LogP contribution in [-0.2, 0) is 29.1 Å². The van der Waals surface area contributed by atoms with E-state index in [1.807, 2.05) is 60.0 Å². The van der Waals surface area contributed by atoms with E-state index in [0.717, 1.165) is 21.8 Å². The van der Waals surface area contributed by atoms with Crippen molar-refractivity contribution >= 4 is 28.8 Å². The third kappa shape index (κ3) is 5.06. The highest BCUT2D eigenvalue weighted by molar-refractivity contribution is 7.10. The van der Waals surface area contributed by atoms with Crippen molar-refractivity contribution in [3.05, 3.63) is 76.0 Å². The Hall–Kier alpha value is -3.32. The molecule has 0 aliphatic carbocycles. The number of carbonyl (C=O) groups excluding carboxylic acids is 2. The number of nitrogens with one attached hydrogen (secondary N) is 1. The number of fused-ring (bicyclic) bond motifs is 1. The third-order valence-electron chi connectivity index (χ3n) is 5.12. The lowest BCUT2D eigenvalue weighted by molar-refractivity contribution is -0.138. The molecule has 0 unspecified atom stereocenters. The van der Waals surface area contributed by atoms with Gasteiger partial charge in [-0.25, -0.2) is 0 Å². The number of amides is 2. The van der Waals surface area contributed by atoms with Gasteiger partial charge in [-0.1, -0.05) is 18.2 Å². The molecule has 4 rings (SSSR count). The Morgan fingerprint density at radius 3 is 2.74 bits per heavy atom. The van der Waals surface area contributed by atoms with E-state index in [4.69, 9.17) is 9.47 Å². The van der Waals surface area contributed by atoms with Gasteiger partial charge < -0.3 is 19.7 Å². The molecule has 1 aliphatic rings. The van der Waals surface area contributed by atoms with Gasteiger partial charge in [-0.15, -0.1) is 11.3 Å². The monoisotopic (exact) mass is 436 g/mol. The topological polar surface area (TPSA) is 67.9 Å². The van der Waals surface area contributed by atoms with Crippen LogP contribution in [0.25, 0.3) is 0 Å². The van der Waals surface area contributed by atoms with Crippen LogP contribution in [0.15, 0.2) is 60.0 Å². The van der Waals surface area contributed by atoms with Crippen molar-refractivity contribution in [1.29, 1.82) is 0 Å². The highest BCUT2D eigenvalue weighted by Gasteiger charge is 2.28. The highest BCUT2D eigenvalue weighted by atomic mass is 32.1. The van der Waals surface area contributed by atoms with Crippen LogP contribution in [0.5, 0.6) is 11.5 Å². The number of hydrogen-bond donors (Lipinski definition) is 1. The summed E-state index contributed by atoms with van der Waals surface area (Å²) in [5.41, 5.74) is 2.56. The van der Waals surface area contributed by atoms with Crippen LogP contribution in [-0.4, -0.2) is 29.9 Å². The van der Waals surface area contributed by atoms with Crippen molar-refractivity contribution in [3.8, 4) is 11.5 Å². The maximum atomic E-state index is 12.9. The molecule has 2 amide bonds. The van der Waals surface area contributed by atoms with Gasteiger partial charge in [0.05, 0.1) is 13.5 Å². The van der Waals surface area contributed by atoms with Crippen molar-refractivity contribution in [3.63, 3.8) is 0 Å². The van der Waals surface area contributed by atoms with E-state index in [-0.39, 0.29) is 11.8 Å². The van der Waals surface area contributed by atoms with E-state index >= 15 is 0 Å². The molecule has 2 aromatic carbocycles. The quantitative estimate of drug-likeness (QED) is 0.627. The van der Waals surface area contributed by atoms with Crippen LogP contribution in [0.4, 0.5) is 5.69 Å². The van der Waals surface area contributed by atoms with Crippen molar-refractivity contribution in [2.45, 2.75) is 32.5 Å². The smallest absolute Gasteiger partial charge is 0.263 e. The first-order chi connectivity index (χ1) is 15.0. The van der Waals surface area contributed by atoms with E-state index < -0.39 is 6.10 Å². The maximum Gasteiger partial charge on any atom is 0.263 e. The van der Waals surface area contributed by atoms with Crippen molar-refractivity contribution in [2.75, 3.05) is 12.4 Å². The summed E-state index contributed by atoms with van der Waals surface area (Å²) in [6.07, 6.45) is -0.247. The highest BCUT2D eigenvalue weighted by Crippen LogP contribution is 2.29. The number of ether oxygens (including phenoxy) is 2. The fourth-order valence-electron chi connectivity index (χ4n) is 3.54. The summed E-state index contributed by atoms with van der Waals surface area (Å²) in [5.74, 6) is 1.29. The molecular formula is C24H24N2O4S. The number of methoxy groups -OCH3 is 1. The molecule has 6 nitrogen and oxygen atoms in total. The number of benzene rings is 2. The Labute approximate surface area is 185 Å². The molecule has 0 saturated heterocycles. The van der Waals surface area contributed by atoms with Gasteiger partial charge in [0.15, 0.2) is 6.10 Å². The zero-order valence-electron chi connectivity index (χ0n) is 17.5. The molecule has 3 aromatic rings. The molecule has 0 fully saturated rings. The molecule has 0 radical (unpaired) electrons. The molecule has 1 N–H and O–H groups in total. The first-order valence-corrected chi connectivity index (χ1v) is 10.9. The van der Waals surface area contributed by atoms with E-state index in [0.29, 0.717) is 30.9 Å². The molecular weight excluding hydrogens is 412 g/mol. The number of thiophene rings is 1. The minimum atomic E-state index is -0.584.